The molecule has 8 heteroatoms. The van der Waals surface area contributed by atoms with Crippen LogP contribution in [0.25, 0.3) is 0 Å². The maximum absolute atomic E-state index is 11.8. The molecule has 24 heavy (non-hydrogen) atoms. The van der Waals surface area contributed by atoms with E-state index in [4.69, 9.17) is 10.5 Å². The van der Waals surface area contributed by atoms with E-state index in [-0.39, 0.29) is 35.5 Å². The van der Waals surface area contributed by atoms with Gasteiger partial charge in [0.2, 0.25) is 0 Å². The molecule has 1 fully saturated rings. The summed E-state index contributed by atoms with van der Waals surface area (Å²) in [7, 11) is 0. The number of hydrogen-bond donors (Lipinski definition) is 1. The summed E-state index contributed by atoms with van der Waals surface area (Å²) >= 11 is 0. The molecular formula is C16H21N3O5. The lowest BCUT2D eigenvalue weighted by Gasteiger charge is -2.32. The van der Waals surface area contributed by atoms with Crippen molar-refractivity contribution in [2.24, 2.45) is 11.7 Å². The second kappa shape index (κ2) is 7.87. The van der Waals surface area contributed by atoms with Crippen LogP contribution in [-0.4, -0.2) is 42.9 Å². The Kier molecular flexibility index (Phi) is 5.86. The number of carbonyl (C=O) groups is 2. The molecular weight excluding hydrogens is 314 g/mol. The van der Waals surface area contributed by atoms with Crippen LogP contribution in [0.4, 0.5) is 11.4 Å². The number of hydrogen-bond acceptors (Lipinski definition) is 7. The molecule has 1 aliphatic rings. The van der Waals surface area contributed by atoms with E-state index in [1.807, 2.05) is 4.90 Å². The van der Waals surface area contributed by atoms with Crippen LogP contribution in [-0.2, 0) is 9.53 Å². The Labute approximate surface area is 139 Å². The summed E-state index contributed by atoms with van der Waals surface area (Å²) in [5.74, 6) is -0.723. The summed E-state index contributed by atoms with van der Waals surface area (Å²) in [4.78, 5) is 36.1. The Bertz CT molecular complexity index is 639. The van der Waals surface area contributed by atoms with Gasteiger partial charge in [0.15, 0.2) is 5.78 Å². The van der Waals surface area contributed by atoms with E-state index < -0.39 is 4.92 Å². The van der Waals surface area contributed by atoms with Gasteiger partial charge in [-0.1, -0.05) is 0 Å². The molecule has 0 bridgehead atoms. The highest BCUT2D eigenvalue weighted by molar-refractivity contribution is 5.98. The minimum atomic E-state index is -0.500. The van der Waals surface area contributed by atoms with Crippen molar-refractivity contribution in [3.05, 3.63) is 33.9 Å². The molecule has 0 radical (unpaired) electrons. The summed E-state index contributed by atoms with van der Waals surface area (Å²) < 4.78 is 5.02. The molecule has 1 aromatic rings. The monoisotopic (exact) mass is 335 g/mol. The van der Waals surface area contributed by atoms with Gasteiger partial charge in [0.05, 0.1) is 24.0 Å². The van der Waals surface area contributed by atoms with Crippen LogP contribution < -0.4 is 10.6 Å². The molecule has 2 rings (SSSR count). The molecule has 0 aromatic heterocycles. The molecule has 0 aliphatic carbocycles. The van der Waals surface area contributed by atoms with Crippen LogP contribution >= 0.6 is 0 Å². The van der Waals surface area contributed by atoms with E-state index in [2.05, 4.69) is 0 Å². The zero-order valence-corrected chi connectivity index (χ0v) is 13.6. The van der Waals surface area contributed by atoms with Gasteiger partial charge in [0.25, 0.3) is 5.69 Å². The molecule has 130 valence electrons. The Balaban J connectivity index is 2.16. The van der Waals surface area contributed by atoms with Crippen molar-refractivity contribution in [1.82, 2.24) is 0 Å². The van der Waals surface area contributed by atoms with Crippen LogP contribution in [0, 0.1) is 16.0 Å². The van der Waals surface area contributed by atoms with Crippen LogP contribution in [0.1, 0.15) is 30.1 Å². The molecule has 8 nitrogen and oxygen atoms in total. The highest BCUT2D eigenvalue weighted by Gasteiger charge is 2.29. The van der Waals surface area contributed by atoms with Crippen molar-refractivity contribution in [2.45, 2.75) is 19.8 Å². The molecule has 2 N–H and O–H groups in total. The molecule has 1 aromatic carbocycles. The number of anilines is 1. The Morgan fingerprint density at radius 3 is 2.58 bits per heavy atom. The zero-order chi connectivity index (χ0) is 17.7. The minimum absolute atomic E-state index is 0.121. The summed E-state index contributed by atoms with van der Waals surface area (Å²) in [6, 6.07) is 4.39. The number of Topliss-reactive ketones (excluding diaryl/α,β-unsaturated/α-hetero) is 1. The smallest absolute Gasteiger partial charge is 0.309 e. The van der Waals surface area contributed by atoms with E-state index >= 15 is 0 Å². The van der Waals surface area contributed by atoms with Gasteiger partial charge in [-0.25, -0.2) is 0 Å². The molecule has 1 aliphatic heterocycles. The Hall–Kier alpha value is -2.48. The van der Waals surface area contributed by atoms with Crippen molar-refractivity contribution in [1.29, 1.82) is 0 Å². The Morgan fingerprint density at radius 1 is 1.38 bits per heavy atom. The summed E-state index contributed by atoms with van der Waals surface area (Å²) in [6.45, 7) is 2.96. The maximum atomic E-state index is 11.8. The topological polar surface area (TPSA) is 116 Å². The van der Waals surface area contributed by atoms with Crippen molar-refractivity contribution < 1.29 is 19.2 Å². The van der Waals surface area contributed by atoms with Crippen molar-refractivity contribution >= 4 is 23.1 Å². The highest BCUT2D eigenvalue weighted by Crippen LogP contribution is 2.32. The predicted octanol–water partition coefficient (Wildman–Crippen LogP) is 1.52. The lowest BCUT2D eigenvalue weighted by atomic mass is 9.96. The first-order valence-electron chi connectivity index (χ1n) is 7.91. The number of ether oxygens (including phenoxy) is 1. The molecule has 1 heterocycles. The molecule has 0 saturated carbocycles. The van der Waals surface area contributed by atoms with Crippen molar-refractivity contribution in [2.75, 3.05) is 31.1 Å². The average Bonchev–Trinajstić information content (AvgIpc) is 2.60. The number of carbonyl (C=O) groups excluding carboxylic acids is 2. The number of piperidine rings is 1. The van der Waals surface area contributed by atoms with Gasteiger partial charge >= 0.3 is 5.97 Å². The normalized spacial score (nSPS) is 15.2. The molecule has 0 atom stereocenters. The third kappa shape index (κ3) is 3.88. The fourth-order valence-electron chi connectivity index (χ4n) is 2.84. The second-order valence-electron chi connectivity index (χ2n) is 5.60. The second-order valence-corrected chi connectivity index (χ2v) is 5.60. The van der Waals surface area contributed by atoms with Gasteiger partial charge < -0.3 is 15.4 Å². The van der Waals surface area contributed by atoms with Crippen LogP contribution in [0.15, 0.2) is 18.2 Å². The van der Waals surface area contributed by atoms with E-state index in [0.29, 0.717) is 38.2 Å². The number of rotatable bonds is 6. The molecule has 0 spiro atoms. The molecule has 1 saturated heterocycles. The lowest BCUT2D eigenvalue weighted by molar-refractivity contribution is -0.384. The average molecular weight is 335 g/mol. The number of nitro groups is 1. The van der Waals surface area contributed by atoms with Crippen molar-refractivity contribution in [3.8, 4) is 0 Å². The minimum Gasteiger partial charge on any atom is -0.466 e. The number of esters is 1. The first-order valence-corrected chi connectivity index (χ1v) is 7.91. The van der Waals surface area contributed by atoms with Gasteiger partial charge in [0, 0.05) is 24.7 Å². The van der Waals surface area contributed by atoms with E-state index in [1.54, 1.807) is 19.1 Å². The van der Waals surface area contributed by atoms with Gasteiger partial charge in [-0.2, -0.15) is 0 Å². The standard InChI is InChI=1S/C16H21N3O5/c1-2-24-16(21)11-5-7-18(8-6-11)13-4-3-12(15(20)10-17)9-14(13)19(22)23/h3-4,9,11H,2,5-8,10,17H2,1H3. The lowest BCUT2D eigenvalue weighted by Crippen LogP contribution is -2.37. The number of nitro benzene ring substituents is 1. The van der Waals surface area contributed by atoms with Gasteiger partial charge in [-0.3, -0.25) is 19.7 Å². The number of nitrogens with zero attached hydrogens (tertiary/aromatic N) is 2. The number of benzene rings is 1. The Morgan fingerprint density at radius 2 is 2.04 bits per heavy atom. The summed E-state index contributed by atoms with van der Waals surface area (Å²) in [5, 5.41) is 11.3. The number of ketones is 1. The van der Waals surface area contributed by atoms with Gasteiger partial charge in [-0.05, 0) is 31.9 Å². The zero-order valence-electron chi connectivity index (χ0n) is 13.6. The highest BCUT2D eigenvalue weighted by atomic mass is 16.6. The van der Waals surface area contributed by atoms with Gasteiger partial charge in [-0.15, -0.1) is 0 Å². The molecule has 0 amide bonds. The quantitative estimate of drug-likeness (QED) is 0.362. The third-order valence-corrected chi connectivity index (χ3v) is 4.14. The van der Waals surface area contributed by atoms with Crippen LogP contribution in [0.2, 0.25) is 0 Å². The van der Waals surface area contributed by atoms with E-state index in [9.17, 15) is 19.7 Å². The maximum Gasteiger partial charge on any atom is 0.309 e. The van der Waals surface area contributed by atoms with Crippen LogP contribution in [0.5, 0.6) is 0 Å². The predicted molar refractivity (Wildman–Crippen MR) is 88.1 cm³/mol. The van der Waals surface area contributed by atoms with Crippen molar-refractivity contribution in [3.63, 3.8) is 0 Å². The fourth-order valence-corrected chi connectivity index (χ4v) is 2.84. The first kappa shape index (κ1) is 17.9. The largest absolute Gasteiger partial charge is 0.466 e. The third-order valence-electron chi connectivity index (χ3n) is 4.14. The summed E-state index contributed by atoms with van der Waals surface area (Å²) in [5.41, 5.74) is 5.87. The first-order chi connectivity index (χ1) is 11.5. The summed E-state index contributed by atoms with van der Waals surface area (Å²) in [6.07, 6.45) is 1.17. The number of nitrogens with two attached hydrogens (primary N) is 1. The van der Waals surface area contributed by atoms with Gasteiger partial charge in [0.1, 0.15) is 5.69 Å². The van der Waals surface area contributed by atoms with Crippen LogP contribution in [0.3, 0.4) is 0 Å². The van der Waals surface area contributed by atoms with E-state index in [0.717, 1.165) is 0 Å². The fraction of sp³-hybridized carbons (Fsp3) is 0.500. The molecule has 0 unspecified atom stereocenters. The SMILES string of the molecule is CCOC(=O)C1CCN(c2ccc(C(=O)CN)cc2[N+](=O)[O-])CC1. The van der Waals surface area contributed by atoms with E-state index in [1.165, 1.54) is 6.07 Å².